The van der Waals surface area contributed by atoms with Gasteiger partial charge in [0, 0.05) is 28.1 Å². The number of hydrogen-bond acceptors (Lipinski definition) is 4. The maximum atomic E-state index is 11.6. The number of halogens is 2. The van der Waals surface area contributed by atoms with Crippen molar-refractivity contribution in [1.29, 1.82) is 0 Å². The second-order valence-electron chi connectivity index (χ2n) is 5.14. The molecule has 20 heavy (non-hydrogen) atoms. The van der Waals surface area contributed by atoms with Crippen LogP contribution in [0.25, 0.3) is 0 Å². The summed E-state index contributed by atoms with van der Waals surface area (Å²) in [5.41, 5.74) is 6.82. The van der Waals surface area contributed by atoms with Crippen LogP contribution in [0, 0.1) is 0 Å². The van der Waals surface area contributed by atoms with Crippen LogP contribution in [0.3, 0.4) is 0 Å². The fourth-order valence-corrected chi connectivity index (χ4v) is 5.22. The SMILES string of the molecule is CN(C1CCS(=O)(=O)C1)C(CN)c1ccc(Br)cc1Cl. The Morgan fingerprint density at radius 2 is 2.25 bits per heavy atom. The molecule has 0 radical (unpaired) electrons. The Balaban J connectivity index is 2.23. The van der Waals surface area contributed by atoms with E-state index in [1.807, 2.05) is 30.1 Å². The Hall–Kier alpha value is -0.140. The molecule has 1 saturated heterocycles. The van der Waals surface area contributed by atoms with E-state index in [1.54, 1.807) is 0 Å². The van der Waals surface area contributed by atoms with Crippen molar-refractivity contribution < 1.29 is 8.42 Å². The van der Waals surface area contributed by atoms with Crippen LogP contribution in [-0.4, -0.2) is 44.5 Å². The lowest BCUT2D eigenvalue weighted by Crippen LogP contribution is -2.39. The van der Waals surface area contributed by atoms with Crippen LogP contribution in [0.4, 0.5) is 0 Å². The van der Waals surface area contributed by atoms with Crippen LogP contribution in [0.15, 0.2) is 22.7 Å². The molecule has 1 aromatic rings. The van der Waals surface area contributed by atoms with Gasteiger partial charge in [-0.1, -0.05) is 33.6 Å². The number of nitrogens with two attached hydrogens (primary N) is 1. The summed E-state index contributed by atoms with van der Waals surface area (Å²) in [6.07, 6.45) is 0.656. The van der Waals surface area contributed by atoms with Crippen LogP contribution >= 0.6 is 27.5 Å². The monoisotopic (exact) mass is 380 g/mol. The lowest BCUT2D eigenvalue weighted by molar-refractivity contribution is 0.192. The Morgan fingerprint density at radius 3 is 2.75 bits per heavy atom. The van der Waals surface area contributed by atoms with E-state index >= 15 is 0 Å². The van der Waals surface area contributed by atoms with Gasteiger partial charge in [0.15, 0.2) is 9.84 Å². The number of hydrogen-bond donors (Lipinski definition) is 1. The van der Waals surface area contributed by atoms with Crippen molar-refractivity contribution in [2.45, 2.75) is 18.5 Å². The lowest BCUT2D eigenvalue weighted by atomic mass is 10.0. The van der Waals surface area contributed by atoms with E-state index in [2.05, 4.69) is 15.9 Å². The smallest absolute Gasteiger partial charge is 0.151 e. The third-order valence-corrected chi connectivity index (χ3v) is 6.39. The van der Waals surface area contributed by atoms with Crippen LogP contribution in [0.5, 0.6) is 0 Å². The number of rotatable bonds is 4. The highest BCUT2D eigenvalue weighted by Gasteiger charge is 2.34. The molecule has 2 unspecified atom stereocenters. The van der Waals surface area contributed by atoms with E-state index in [0.717, 1.165) is 10.0 Å². The minimum absolute atomic E-state index is 0.00765. The van der Waals surface area contributed by atoms with E-state index in [0.29, 0.717) is 18.0 Å². The zero-order chi connectivity index (χ0) is 14.9. The summed E-state index contributed by atoms with van der Waals surface area (Å²) < 4.78 is 24.1. The van der Waals surface area contributed by atoms with Crippen molar-refractivity contribution >= 4 is 37.4 Å². The molecule has 7 heteroatoms. The molecule has 0 amide bonds. The Morgan fingerprint density at radius 1 is 1.55 bits per heavy atom. The topological polar surface area (TPSA) is 63.4 Å². The van der Waals surface area contributed by atoms with Crippen molar-refractivity contribution in [2.75, 3.05) is 25.1 Å². The van der Waals surface area contributed by atoms with Crippen molar-refractivity contribution in [3.63, 3.8) is 0 Å². The van der Waals surface area contributed by atoms with Gasteiger partial charge in [0.05, 0.1) is 11.5 Å². The van der Waals surface area contributed by atoms with Crippen LogP contribution < -0.4 is 5.73 Å². The van der Waals surface area contributed by atoms with Gasteiger partial charge < -0.3 is 5.73 Å². The number of sulfone groups is 1. The van der Waals surface area contributed by atoms with Gasteiger partial charge in [0.1, 0.15) is 0 Å². The number of nitrogens with zero attached hydrogens (tertiary/aromatic N) is 1. The third-order valence-electron chi connectivity index (χ3n) is 3.82. The molecule has 1 heterocycles. The summed E-state index contributed by atoms with van der Waals surface area (Å²) in [4.78, 5) is 2.04. The van der Waals surface area contributed by atoms with Crippen LogP contribution in [-0.2, 0) is 9.84 Å². The largest absolute Gasteiger partial charge is 0.329 e. The molecule has 1 fully saturated rings. The zero-order valence-electron chi connectivity index (χ0n) is 11.2. The maximum absolute atomic E-state index is 11.6. The second-order valence-corrected chi connectivity index (χ2v) is 8.69. The lowest BCUT2D eigenvalue weighted by Gasteiger charge is -2.32. The maximum Gasteiger partial charge on any atom is 0.151 e. The summed E-state index contributed by atoms with van der Waals surface area (Å²) in [5.74, 6) is 0.460. The molecule has 0 spiro atoms. The summed E-state index contributed by atoms with van der Waals surface area (Å²) in [6.45, 7) is 0.397. The summed E-state index contributed by atoms with van der Waals surface area (Å²) in [7, 11) is -0.986. The molecule has 1 aliphatic rings. The van der Waals surface area contributed by atoms with Crippen LogP contribution in [0.2, 0.25) is 5.02 Å². The van der Waals surface area contributed by atoms with Gasteiger partial charge in [-0.05, 0) is 31.2 Å². The minimum atomic E-state index is -2.90. The molecule has 4 nitrogen and oxygen atoms in total. The van der Waals surface area contributed by atoms with E-state index in [9.17, 15) is 8.42 Å². The molecular formula is C13H18BrClN2O2S. The molecule has 0 aliphatic carbocycles. The molecule has 0 aromatic heterocycles. The number of benzene rings is 1. The molecule has 1 aromatic carbocycles. The molecule has 2 rings (SSSR count). The van der Waals surface area contributed by atoms with Crippen molar-refractivity contribution in [3.05, 3.63) is 33.3 Å². The fourth-order valence-electron chi connectivity index (χ4n) is 2.64. The second kappa shape index (κ2) is 6.32. The first-order valence-electron chi connectivity index (χ1n) is 6.41. The van der Waals surface area contributed by atoms with Gasteiger partial charge in [-0.2, -0.15) is 0 Å². The first-order chi connectivity index (χ1) is 9.34. The normalized spacial score (nSPS) is 23.1. The highest BCUT2D eigenvalue weighted by Crippen LogP contribution is 2.31. The molecule has 0 bridgehead atoms. The first kappa shape index (κ1) is 16.2. The third kappa shape index (κ3) is 3.54. The van der Waals surface area contributed by atoms with Gasteiger partial charge in [-0.3, -0.25) is 4.90 Å². The van der Waals surface area contributed by atoms with E-state index < -0.39 is 9.84 Å². The van der Waals surface area contributed by atoms with Gasteiger partial charge in [0.25, 0.3) is 0 Å². The number of likely N-dealkylation sites (N-methyl/N-ethyl adjacent to an activating group) is 1. The summed E-state index contributed by atoms with van der Waals surface area (Å²) in [5, 5.41) is 0.641. The van der Waals surface area contributed by atoms with E-state index in [1.165, 1.54) is 0 Å². The minimum Gasteiger partial charge on any atom is -0.329 e. The molecule has 2 N–H and O–H groups in total. The molecule has 112 valence electrons. The van der Waals surface area contributed by atoms with Crippen LogP contribution in [0.1, 0.15) is 18.0 Å². The van der Waals surface area contributed by atoms with Crippen molar-refractivity contribution in [3.8, 4) is 0 Å². The Bertz CT molecular complexity index is 594. The predicted octanol–water partition coefficient (Wildman–Crippen LogP) is 2.22. The average Bonchev–Trinajstić information content (AvgIpc) is 2.73. The molecule has 1 aliphatic heterocycles. The Kier molecular flexibility index (Phi) is 5.13. The quantitative estimate of drug-likeness (QED) is 0.868. The van der Waals surface area contributed by atoms with Gasteiger partial charge in [-0.15, -0.1) is 0 Å². The molecule has 0 saturated carbocycles. The summed E-state index contributed by atoms with van der Waals surface area (Å²) in [6, 6.07) is 5.62. The van der Waals surface area contributed by atoms with Crippen molar-refractivity contribution in [1.82, 2.24) is 4.90 Å². The highest BCUT2D eigenvalue weighted by atomic mass is 79.9. The van der Waals surface area contributed by atoms with Gasteiger partial charge in [0.2, 0.25) is 0 Å². The van der Waals surface area contributed by atoms with Gasteiger partial charge >= 0.3 is 0 Å². The highest BCUT2D eigenvalue weighted by molar-refractivity contribution is 9.10. The molecule has 2 atom stereocenters. The fraction of sp³-hybridized carbons (Fsp3) is 0.538. The van der Waals surface area contributed by atoms with E-state index in [4.69, 9.17) is 17.3 Å². The molecular weight excluding hydrogens is 364 g/mol. The van der Waals surface area contributed by atoms with Gasteiger partial charge in [-0.25, -0.2) is 8.42 Å². The summed E-state index contributed by atoms with van der Waals surface area (Å²) >= 11 is 9.66. The standard InChI is InChI=1S/C13H18BrClN2O2S/c1-17(10-4-5-20(18,19)8-10)13(7-16)11-3-2-9(14)6-12(11)15/h2-3,6,10,13H,4-5,7-8,16H2,1H3. The zero-order valence-corrected chi connectivity index (χ0v) is 14.4. The predicted molar refractivity (Wildman–Crippen MR) is 85.8 cm³/mol. The first-order valence-corrected chi connectivity index (χ1v) is 9.40. The Labute approximate surface area is 133 Å². The average molecular weight is 382 g/mol. The van der Waals surface area contributed by atoms with E-state index in [-0.39, 0.29) is 23.6 Å². The van der Waals surface area contributed by atoms with Crippen molar-refractivity contribution in [2.24, 2.45) is 5.73 Å².